The molecule has 0 N–H and O–H groups in total. The Balaban J connectivity index is 2.07. The molecule has 106 valence electrons. The number of fused-ring (bicyclic) bond motifs is 2. The van der Waals surface area contributed by atoms with Crippen molar-refractivity contribution in [2.24, 2.45) is 0 Å². The minimum atomic E-state index is 0.753. The first kappa shape index (κ1) is 13.4. The maximum Gasteiger partial charge on any atom is 0.160 e. The largest absolute Gasteiger partial charge is 0.297 e. The molecule has 0 fully saturated rings. The lowest BCUT2D eigenvalue weighted by Gasteiger charge is -2.06. The van der Waals surface area contributed by atoms with Gasteiger partial charge in [-0.25, -0.2) is 0 Å². The van der Waals surface area contributed by atoms with Gasteiger partial charge in [0.1, 0.15) is 0 Å². The predicted octanol–water partition coefficient (Wildman–Crippen LogP) is 5.41. The van der Waals surface area contributed by atoms with E-state index < -0.39 is 0 Å². The average molecular weight is 322 g/mol. The molecule has 4 rings (SSSR count). The lowest BCUT2D eigenvalue weighted by molar-refractivity contribution is 0.112. The van der Waals surface area contributed by atoms with E-state index >= 15 is 0 Å². The van der Waals surface area contributed by atoms with Crippen LogP contribution in [0.25, 0.3) is 32.7 Å². The second-order valence-corrected chi connectivity index (χ2v) is 6.79. The molecule has 2 nitrogen and oxygen atoms in total. The Hall–Kier alpha value is -2.30. The molecule has 2 aromatic heterocycles. The molecule has 0 bridgehead atoms. The van der Waals surface area contributed by atoms with Crippen LogP contribution in [0.2, 0.25) is 0 Å². The van der Waals surface area contributed by atoms with E-state index in [1.807, 2.05) is 35.0 Å². The van der Waals surface area contributed by atoms with Gasteiger partial charge in [0.15, 0.2) is 12.6 Å². The molecule has 2 aromatic carbocycles. The summed E-state index contributed by atoms with van der Waals surface area (Å²) in [4.78, 5) is 23.8. The van der Waals surface area contributed by atoms with Crippen molar-refractivity contribution in [2.75, 3.05) is 0 Å². The molecular formula is C18H10O2S2. The normalized spacial score (nSPS) is 11.1. The third-order valence-electron chi connectivity index (χ3n) is 3.85. The zero-order chi connectivity index (χ0) is 15.1. The number of aldehydes is 2. The Morgan fingerprint density at radius 3 is 1.50 bits per heavy atom. The number of rotatable bonds is 3. The molecule has 2 heterocycles. The first-order chi connectivity index (χ1) is 10.8. The minimum Gasteiger partial charge on any atom is -0.297 e. The fraction of sp³-hybridized carbons (Fsp3) is 0. The molecule has 0 unspecified atom stereocenters. The van der Waals surface area contributed by atoms with Crippen LogP contribution in [0.15, 0.2) is 47.2 Å². The van der Waals surface area contributed by atoms with Gasteiger partial charge in [-0.15, -0.1) is 22.7 Å². The minimum absolute atomic E-state index is 0.753. The Bertz CT molecular complexity index is 940. The Morgan fingerprint density at radius 1 is 0.636 bits per heavy atom. The van der Waals surface area contributed by atoms with E-state index in [9.17, 15) is 9.59 Å². The Labute approximate surface area is 134 Å². The number of carbonyl (C=O) groups excluding carboxylic acids is 2. The third kappa shape index (κ3) is 1.85. The van der Waals surface area contributed by atoms with Gasteiger partial charge in [0, 0.05) is 21.5 Å². The summed E-state index contributed by atoms with van der Waals surface area (Å²) in [6.45, 7) is 0. The van der Waals surface area contributed by atoms with Gasteiger partial charge in [-0.1, -0.05) is 36.4 Å². The van der Waals surface area contributed by atoms with Gasteiger partial charge in [-0.05, 0) is 21.9 Å². The molecule has 0 saturated heterocycles. The lowest BCUT2D eigenvalue weighted by atomic mass is 9.96. The van der Waals surface area contributed by atoms with Gasteiger partial charge in [0.05, 0.1) is 9.75 Å². The first-order valence-electron chi connectivity index (χ1n) is 6.74. The van der Waals surface area contributed by atoms with Crippen LogP contribution in [0.1, 0.15) is 19.3 Å². The highest BCUT2D eigenvalue weighted by Crippen LogP contribution is 2.38. The zero-order valence-electron chi connectivity index (χ0n) is 11.4. The fourth-order valence-corrected chi connectivity index (χ4v) is 4.56. The standard InChI is InChI=1S/C18H10O2S2/c19-7-17-13-5-1-3-11(15(13)9-21-17)12-4-2-6-14-16(12)10-22-18(14)8-20/h1-10H. The van der Waals surface area contributed by atoms with Crippen molar-refractivity contribution in [2.45, 2.75) is 0 Å². The van der Waals surface area contributed by atoms with Crippen LogP contribution >= 0.6 is 22.7 Å². The summed E-state index contributed by atoms with van der Waals surface area (Å²) in [6, 6.07) is 12.0. The quantitative estimate of drug-likeness (QED) is 0.473. The van der Waals surface area contributed by atoms with Crippen molar-refractivity contribution in [3.8, 4) is 11.1 Å². The highest BCUT2D eigenvalue weighted by Gasteiger charge is 2.13. The summed E-state index contributed by atoms with van der Waals surface area (Å²) in [5, 5.41) is 8.20. The van der Waals surface area contributed by atoms with Crippen molar-refractivity contribution in [3.63, 3.8) is 0 Å². The van der Waals surface area contributed by atoms with E-state index in [4.69, 9.17) is 0 Å². The topological polar surface area (TPSA) is 34.1 Å². The number of hydrogen-bond acceptors (Lipinski definition) is 4. The molecule has 0 saturated carbocycles. The van der Waals surface area contributed by atoms with Crippen molar-refractivity contribution >= 4 is 56.8 Å². The van der Waals surface area contributed by atoms with Crippen molar-refractivity contribution in [3.05, 3.63) is 56.9 Å². The second-order valence-electron chi connectivity index (χ2n) is 4.97. The van der Waals surface area contributed by atoms with Gasteiger partial charge in [0.2, 0.25) is 0 Å². The van der Waals surface area contributed by atoms with E-state index in [0.717, 1.165) is 55.0 Å². The van der Waals surface area contributed by atoms with Crippen LogP contribution < -0.4 is 0 Å². The van der Waals surface area contributed by atoms with Crippen LogP contribution in [0.5, 0.6) is 0 Å². The highest BCUT2D eigenvalue weighted by molar-refractivity contribution is 7.14. The molecule has 4 heteroatoms. The molecule has 0 radical (unpaired) electrons. The number of thiophene rings is 2. The van der Waals surface area contributed by atoms with Crippen LogP contribution in [0.4, 0.5) is 0 Å². The molecule has 22 heavy (non-hydrogen) atoms. The van der Waals surface area contributed by atoms with Gasteiger partial charge >= 0.3 is 0 Å². The van der Waals surface area contributed by atoms with Crippen LogP contribution in [-0.4, -0.2) is 12.6 Å². The van der Waals surface area contributed by atoms with Crippen LogP contribution in [0.3, 0.4) is 0 Å². The SMILES string of the molecule is O=Cc1scc2c(-c3cccc4c(C=O)scc34)cccc12. The maximum atomic E-state index is 11.2. The molecule has 0 aliphatic rings. The molecule has 0 amide bonds. The van der Waals surface area contributed by atoms with Crippen LogP contribution in [0, 0.1) is 0 Å². The van der Waals surface area contributed by atoms with E-state index in [2.05, 4.69) is 12.1 Å². The van der Waals surface area contributed by atoms with E-state index in [0.29, 0.717) is 0 Å². The summed E-state index contributed by atoms with van der Waals surface area (Å²) in [7, 11) is 0. The van der Waals surface area contributed by atoms with E-state index in [1.54, 1.807) is 0 Å². The first-order valence-corrected chi connectivity index (χ1v) is 8.50. The second kappa shape index (κ2) is 5.16. The average Bonchev–Trinajstić information content (AvgIpc) is 3.17. The molecule has 4 aromatic rings. The van der Waals surface area contributed by atoms with Crippen molar-refractivity contribution in [1.82, 2.24) is 0 Å². The Kier molecular flexibility index (Phi) is 3.13. The van der Waals surface area contributed by atoms with Crippen molar-refractivity contribution < 1.29 is 9.59 Å². The summed E-state index contributed by atoms with van der Waals surface area (Å²) < 4.78 is 0. The lowest BCUT2D eigenvalue weighted by Crippen LogP contribution is -1.82. The molecule has 0 atom stereocenters. The predicted molar refractivity (Wildman–Crippen MR) is 93.4 cm³/mol. The smallest absolute Gasteiger partial charge is 0.160 e. The Morgan fingerprint density at radius 2 is 1.09 bits per heavy atom. The number of benzene rings is 2. The summed E-state index contributed by atoms with van der Waals surface area (Å²) in [5.41, 5.74) is 2.20. The maximum absolute atomic E-state index is 11.2. The fourth-order valence-electron chi connectivity index (χ4n) is 2.84. The van der Waals surface area contributed by atoms with Crippen molar-refractivity contribution in [1.29, 1.82) is 0 Å². The van der Waals surface area contributed by atoms with Gasteiger partial charge in [0.25, 0.3) is 0 Å². The van der Waals surface area contributed by atoms with E-state index in [-0.39, 0.29) is 0 Å². The number of carbonyl (C=O) groups is 2. The van der Waals surface area contributed by atoms with Crippen LogP contribution in [-0.2, 0) is 0 Å². The van der Waals surface area contributed by atoms with Gasteiger partial charge in [-0.2, -0.15) is 0 Å². The summed E-state index contributed by atoms with van der Waals surface area (Å²) >= 11 is 2.93. The van der Waals surface area contributed by atoms with Gasteiger partial charge in [-0.3, -0.25) is 9.59 Å². The third-order valence-corrected chi connectivity index (χ3v) is 5.70. The monoisotopic (exact) mass is 322 g/mol. The summed E-state index contributed by atoms with van der Waals surface area (Å²) in [5.74, 6) is 0. The molecule has 0 aliphatic heterocycles. The molecule has 0 spiro atoms. The van der Waals surface area contributed by atoms with Gasteiger partial charge < -0.3 is 0 Å². The molecule has 0 aliphatic carbocycles. The van der Waals surface area contributed by atoms with E-state index in [1.165, 1.54) is 22.7 Å². The summed E-state index contributed by atoms with van der Waals surface area (Å²) in [6.07, 6.45) is 1.82. The zero-order valence-corrected chi connectivity index (χ0v) is 13.0. The number of hydrogen-bond donors (Lipinski definition) is 0. The highest BCUT2D eigenvalue weighted by atomic mass is 32.1. The molecular weight excluding hydrogens is 312 g/mol.